The topological polar surface area (TPSA) is 66.4 Å². The summed E-state index contributed by atoms with van der Waals surface area (Å²) in [4.78, 5) is 22.7. The predicted octanol–water partition coefficient (Wildman–Crippen LogP) is 1.94. The van der Waals surface area contributed by atoms with Gasteiger partial charge in [0.15, 0.2) is 0 Å². The lowest BCUT2D eigenvalue weighted by atomic mass is 9.74. The molecule has 2 rings (SSSR count). The molecule has 0 spiro atoms. The Kier molecular flexibility index (Phi) is 3.23. The smallest absolute Gasteiger partial charge is 0.416 e. The van der Waals surface area contributed by atoms with Crippen LogP contribution in [0.2, 0.25) is 0 Å². The number of alkyl halides is 3. The highest BCUT2D eigenvalue weighted by Gasteiger charge is 2.51. The van der Waals surface area contributed by atoms with Crippen molar-refractivity contribution in [3.63, 3.8) is 0 Å². The van der Waals surface area contributed by atoms with Crippen LogP contribution >= 0.6 is 0 Å². The van der Waals surface area contributed by atoms with Crippen molar-refractivity contribution in [3.8, 4) is 0 Å². The Bertz CT molecular complexity index is 570. The van der Waals surface area contributed by atoms with E-state index in [0.717, 1.165) is 6.07 Å². The summed E-state index contributed by atoms with van der Waals surface area (Å²) in [5.74, 6) is -1.92. The highest BCUT2D eigenvalue weighted by atomic mass is 19.4. The highest BCUT2D eigenvalue weighted by molar-refractivity contribution is 5.91. The largest absolute Gasteiger partial charge is 0.480 e. The molecule has 0 saturated carbocycles. The first kappa shape index (κ1) is 14.4. The Morgan fingerprint density at radius 1 is 1.40 bits per heavy atom. The fourth-order valence-electron chi connectivity index (χ4n) is 2.62. The lowest BCUT2D eigenvalue weighted by molar-refractivity contribution is -0.143. The monoisotopic (exact) mass is 287 g/mol. The van der Waals surface area contributed by atoms with E-state index in [4.69, 9.17) is 5.11 Å². The second-order valence-corrected chi connectivity index (χ2v) is 4.98. The number of amides is 1. The molecule has 2 atom stereocenters. The van der Waals surface area contributed by atoms with Gasteiger partial charge < -0.3 is 10.4 Å². The van der Waals surface area contributed by atoms with Crippen LogP contribution in [0.1, 0.15) is 24.5 Å². The standard InChI is InChI=1S/C13H12F3NO3/c1-12(6-9(18)17-10(12)11(19)20)7-4-2-3-5-8(7)13(14,15)16/h2-5,10H,6H2,1H3,(H,17,18)(H,19,20). The van der Waals surface area contributed by atoms with Gasteiger partial charge in [-0.05, 0) is 11.6 Å². The lowest BCUT2D eigenvalue weighted by Gasteiger charge is -2.30. The zero-order chi connectivity index (χ0) is 15.1. The van der Waals surface area contributed by atoms with Crippen LogP contribution in [0.4, 0.5) is 13.2 Å². The average molecular weight is 287 g/mol. The normalized spacial score (nSPS) is 26.4. The van der Waals surface area contributed by atoms with Crippen molar-refractivity contribution in [2.24, 2.45) is 0 Å². The first-order valence-corrected chi connectivity index (χ1v) is 5.85. The molecular weight excluding hydrogens is 275 g/mol. The zero-order valence-electron chi connectivity index (χ0n) is 10.5. The molecule has 4 nitrogen and oxygen atoms in total. The van der Waals surface area contributed by atoms with Crippen LogP contribution in [-0.2, 0) is 21.2 Å². The van der Waals surface area contributed by atoms with Crippen LogP contribution in [0, 0.1) is 0 Å². The second-order valence-electron chi connectivity index (χ2n) is 4.98. The zero-order valence-corrected chi connectivity index (χ0v) is 10.5. The number of carbonyl (C=O) groups is 2. The van der Waals surface area contributed by atoms with E-state index in [1.54, 1.807) is 0 Å². The number of hydrogen-bond donors (Lipinski definition) is 2. The Morgan fingerprint density at radius 3 is 2.55 bits per heavy atom. The van der Waals surface area contributed by atoms with Crippen LogP contribution in [-0.4, -0.2) is 23.0 Å². The third kappa shape index (κ3) is 2.23. The number of halogens is 3. The van der Waals surface area contributed by atoms with Gasteiger partial charge in [0, 0.05) is 11.8 Å². The molecule has 1 aliphatic rings. The van der Waals surface area contributed by atoms with E-state index in [-0.39, 0.29) is 12.0 Å². The highest BCUT2D eigenvalue weighted by Crippen LogP contribution is 2.42. The van der Waals surface area contributed by atoms with Gasteiger partial charge in [0.25, 0.3) is 0 Å². The predicted molar refractivity (Wildman–Crippen MR) is 63.0 cm³/mol. The molecule has 1 aromatic rings. The van der Waals surface area contributed by atoms with Crippen LogP contribution in [0.15, 0.2) is 24.3 Å². The Hall–Kier alpha value is -2.05. The van der Waals surface area contributed by atoms with Gasteiger partial charge in [-0.2, -0.15) is 13.2 Å². The third-order valence-electron chi connectivity index (χ3n) is 3.56. The summed E-state index contributed by atoms with van der Waals surface area (Å²) >= 11 is 0. The first-order valence-electron chi connectivity index (χ1n) is 5.85. The molecule has 1 aliphatic heterocycles. The van der Waals surface area contributed by atoms with Gasteiger partial charge >= 0.3 is 12.1 Å². The molecule has 1 fully saturated rings. The molecule has 1 amide bonds. The van der Waals surface area contributed by atoms with Crippen molar-refractivity contribution in [3.05, 3.63) is 35.4 Å². The average Bonchev–Trinajstić information content (AvgIpc) is 2.65. The van der Waals surface area contributed by atoms with E-state index in [1.165, 1.54) is 25.1 Å². The van der Waals surface area contributed by atoms with E-state index >= 15 is 0 Å². The van der Waals surface area contributed by atoms with Crippen LogP contribution < -0.4 is 5.32 Å². The Morgan fingerprint density at radius 2 is 2.00 bits per heavy atom. The maximum atomic E-state index is 13.0. The SMILES string of the molecule is CC1(c2ccccc2C(F)(F)F)CC(=O)NC1C(=O)O. The summed E-state index contributed by atoms with van der Waals surface area (Å²) in [6.45, 7) is 1.36. The minimum atomic E-state index is -4.60. The first-order chi connectivity index (χ1) is 9.16. The molecule has 7 heteroatoms. The quantitative estimate of drug-likeness (QED) is 0.873. The molecular formula is C13H12F3NO3. The molecule has 20 heavy (non-hydrogen) atoms. The summed E-state index contributed by atoms with van der Waals surface area (Å²) in [7, 11) is 0. The molecule has 0 aromatic heterocycles. The Balaban J connectivity index is 2.60. The minimum absolute atomic E-state index is 0.182. The maximum Gasteiger partial charge on any atom is 0.416 e. The van der Waals surface area contributed by atoms with Crippen molar-refractivity contribution in [2.45, 2.75) is 31.0 Å². The van der Waals surface area contributed by atoms with Gasteiger partial charge in [0.2, 0.25) is 5.91 Å². The van der Waals surface area contributed by atoms with E-state index < -0.39 is 35.1 Å². The molecule has 1 aromatic carbocycles. The summed E-state index contributed by atoms with van der Waals surface area (Å²) in [6, 6.07) is 3.37. The number of carboxylic acid groups (broad SMARTS) is 1. The number of carboxylic acids is 1. The molecule has 1 saturated heterocycles. The van der Waals surface area contributed by atoms with Gasteiger partial charge in [0.1, 0.15) is 6.04 Å². The lowest BCUT2D eigenvalue weighted by Crippen LogP contribution is -2.45. The second kappa shape index (κ2) is 4.50. The molecule has 1 heterocycles. The van der Waals surface area contributed by atoms with Gasteiger partial charge in [-0.25, -0.2) is 4.79 Å². The van der Waals surface area contributed by atoms with E-state index in [9.17, 15) is 22.8 Å². The summed E-state index contributed by atoms with van der Waals surface area (Å²) in [6.07, 6.45) is -4.90. The van der Waals surface area contributed by atoms with Crippen molar-refractivity contribution in [1.82, 2.24) is 5.32 Å². The molecule has 2 unspecified atom stereocenters. The number of hydrogen-bond acceptors (Lipinski definition) is 2. The van der Waals surface area contributed by atoms with Crippen LogP contribution in [0.25, 0.3) is 0 Å². The third-order valence-corrected chi connectivity index (χ3v) is 3.56. The molecule has 0 aliphatic carbocycles. The van der Waals surface area contributed by atoms with E-state index in [2.05, 4.69) is 5.32 Å². The number of benzene rings is 1. The van der Waals surface area contributed by atoms with Crippen LogP contribution in [0.5, 0.6) is 0 Å². The fourth-order valence-corrected chi connectivity index (χ4v) is 2.62. The van der Waals surface area contributed by atoms with Crippen LogP contribution in [0.3, 0.4) is 0 Å². The minimum Gasteiger partial charge on any atom is -0.480 e. The van der Waals surface area contributed by atoms with Crippen molar-refractivity contribution >= 4 is 11.9 Å². The molecule has 0 bridgehead atoms. The molecule has 108 valence electrons. The number of nitrogens with one attached hydrogen (secondary N) is 1. The molecule has 0 radical (unpaired) electrons. The Labute approximate surface area is 112 Å². The van der Waals surface area contributed by atoms with E-state index in [0.29, 0.717) is 0 Å². The number of carbonyl (C=O) groups excluding carboxylic acids is 1. The number of aliphatic carboxylic acids is 1. The summed E-state index contributed by atoms with van der Waals surface area (Å²) in [5.41, 5.74) is -2.53. The maximum absolute atomic E-state index is 13.0. The fraction of sp³-hybridized carbons (Fsp3) is 0.385. The van der Waals surface area contributed by atoms with Gasteiger partial charge in [-0.15, -0.1) is 0 Å². The van der Waals surface area contributed by atoms with Crippen molar-refractivity contribution < 1.29 is 27.9 Å². The summed E-state index contributed by atoms with van der Waals surface area (Å²) in [5, 5.41) is 11.3. The van der Waals surface area contributed by atoms with Gasteiger partial charge in [-0.1, -0.05) is 25.1 Å². The van der Waals surface area contributed by atoms with Crippen molar-refractivity contribution in [2.75, 3.05) is 0 Å². The van der Waals surface area contributed by atoms with Gasteiger partial charge in [-0.3, -0.25) is 4.79 Å². The molecule has 2 N–H and O–H groups in total. The van der Waals surface area contributed by atoms with Gasteiger partial charge in [0.05, 0.1) is 5.56 Å². The number of rotatable bonds is 2. The van der Waals surface area contributed by atoms with E-state index in [1.807, 2.05) is 0 Å². The van der Waals surface area contributed by atoms with Crippen molar-refractivity contribution in [1.29, 1.82) is 0 Å². The summed E-state index contributed by atoms with van der Waals surface area (Å²) < 4.78 is 39.1.